The van der Waals surface area contributed by atoms with Gasteiger partial charge in [-0.1, -0.05) is 28.1 Å². The van der Waals surface area contributed by atoms with Crippen LogP contribution < -0.4 is 0 Å². The normalized spacial score (nSPS) is 12.8. The third kappa shape index (κ3) is 7.88. The van der Waals surface area contributed by atoms with Gasteiger partial charge in [0.05, 0.1) is 25.3 Å². The van der Waals surface area contributed by atoms with E-state index in [1.807, 2.05) is 6.08 Å². The van der Waals surface area contributed by atoms with Crippen molar-refractivity contribution >= 4 is 39.5 Å². The second-order valence-electron chi connectivity index (χ2n) is 8.39. The van der Waals surface area contributed by atoms with Crippen LogP contribution in [0.4, 0.5) is 13.6 Å². The number of esters is 2. The van der Waals surface area contributed by atoms with Gasteiger partial charge in [-0.2, -0.15) is 0 Å². The summed E-state index contributed by atoms with van der Waals surface area (Å²) in [6.07, 6.45) is 1.46. The van der Waals surface area contributed by atoms with Gasteiger partial charge in [-0.05, 0) is 62.2 Å². The van der Waals surface area contributed by atoms with Crippen molar-refractivity contribution in [1.82, 2.24) is 4.90 Å². The van der Waals surface area contributed by atoms with Crippen LogP contribution in [-0.4, -0.2) is 55.8 Å². The van der Waals surface area contributed by atoms with Crippen LogP contribution in [0.25, 0.3) is 5.57 Å². The van der Waals surface area contributed by atoms with Crippen molar-refractivity contribution in [3.05, 3.63) is 75.3 Å². The Balaban J connectivity index is 0.000000303. The minimum atomic E-state index is -0.730. The second kappa shape index (κ2) is 11.9. The van der Waals surface area contributed by atoms with E-state index in [9.17, 15) is 23.2 Å². The molecule has 10 heteroatoms. The summed E-state index contributed by atoms with van der Waals surface area (Å²) in [6, 6.07) is 8.33. The Kier molecular flexibility index (Phi) is 9.53. The van der Waals surface area contributed by atoms with Crippen molar-refractivity contribution in [2.24, 2.45) is 0 Å². The van der Waals surface area contributed by atoms with Gasteiger partial charge < -0.3 is 19.1 Å². The Morgan fingerprint density at radius 2 is 1.46 bits per heavy atom. The Bertz CT molecular complexity index is 1140. The van der Waals surface area contributed by atoms with Crippen molar-refractivity contribution < 1.29 is 37.4 Å². The first-order valence-corrected chi connectivity index (χ1v) is 11.2. The SMILES string of the molecule is COC(=O)c1cc(Br)ccc1F.COC(=O)c1cc(C2=CCN(C(=O)OC(C)(C)C)C2)ccc1F. The highest BCUT2D eigenvalue weighted by atomic mass is 79.9. The lowest BCUT2D eigenvalue weighted by Crippen LogP contribution is -2.35. The van der Waals surface area contributed by atoms with Crippen LogP contribution in [0.5, 0.6) is 0 Å². The molecule has 0 aliphatic carbocycles. The highest BCUT2D eigenvalue weighted by Crippen LogP contribution is 2.25. The molecule has 3 rings (SSSR count). The largest absolute Gasteiger partial charge is 0.465 e. The zero-order chi connectivity index (χ0) is 26.3. The molecule has 0 radical (unpaired) electrons. The molecule has 0 saturated carbocycles. The molecule has 7 nitrogen and oxygen atoms in total. The number of nitrogens with zero attached hydrogens (tertiary/aromatic N) is 1. The van der Waals surface area contributed by atoms with Gasteiger partial charge in [0.25, 0.3) is 0 Å². The first-order valence-electron chi connectivity index (χ1n) is 10.4. The highest BCUT2D eigenvalue weighted by molar-refractivity contribution is 9.10. The molecule has 2 aromatic carbocycles. The Labute approximate surface area is 210 Å². The zero-order valence-corrected chi connectivity index (χ0v) is 21.6. The molecule has 0 bridgehead atoms. The third-order valence-electron chi connectivity index (χ3n) is 4.65. The average molecular weight is 554 g/mol. The monoisotopic (exact) mass is 553 g/mol. The number of amides is 1. The van der Waals surface area contributed by atoms with Gasteiger partial charge in [0.15, 0.2) is 0 Å². The Morgan fingerprint density at radius 1 is 0.914 bits per heavy atom. The summed E-state index contributed by atoms with van der Waals surface area (Å²) in [5.74, 6) is -2.62. The molecule has 1 aliphatic heterocycles. The van der Waals surface area contributed by atoms with Gasteiger partial charge in [0, 0.05) is 17.6 Å². The van der Waals surface area contributed by atoms with Gasteiger partial charge in [-0.25, -0.2) is 23.2 Å². The zero-order valence-electron chi connectivity index (χ0n) is 20.0. The quantitative estimate of drug-likeness (QED) is 0.362. The lowest BCUT2D eigenvalue weighted by Gasteiger charge is -2.24. The van der Waals surface area contributed by atoms with Gasteiger partial charge in [0.2, 0.25) is 0 Å². The van der Waals surface area contributed by atoms with Gasteiger partial charge in [0.1, 0.15) is 17.2 Å². The molecular formula is C25H26BrF2NO6. The molecule has 0 unspecified atom stereocenters. The maximum atomic E-state index is 13.7. The maximum absolute atomic E-state index is 13.7. The van der Waals surface area contributed by atoms with E-state index in [4.69, 9.17) is 4.74 Å². The molecule has 0 fully saturated rings. The number of methoxy groups -OCH3 is 2. The summed E-state index contributed by atoms with van der Waals surface area (Å²) in [4.78, 5) is 36.1. The fourth-order valence-corrected chi connectivity index (χ4v) is 3.35. The summed E-state index contributed by atoms with van der Waals surface area (Å²) < 4.78 is 41.5. The Morgan fingerprint density at radius 3 is 2.00 bits per heavy atom. The molecule has 0 spiro atoms. The van der Waals surface area contributed by atoms with E-state index in [0.717, 1.165) is 5.57 Å². The van der Waals surface area contributed by atoms with Gasteiger partial charge in [-0.3, -0.25) is 0 Å². The first kappa shape index (κ1) is 28.0. The summed E-state index contributed by atoms with van der Waals surface area (Å²) in [6.45, 7) is 6.17. The summed E-state index contributed by atoms with van der Waals surface area (Å²) in [5, 5.41) is 0. The lowest BCUT2D eigenvalue weighted by molar-refractivity contribution is 0.0305. The lowest BCUT2D eigenvalue weighted by atomic mass is 10.0. The van der Waals surface area contributed by atoms with Gasteiger partial charge >= 0.3 is 18.0 Å². The number of carbonyl (C=O) groups excluding carboxylic acids is 3. The molecular weight excluding hydrogens is 528 g/mol. The van der Waals surface area contributed by atoms with E-state index in [1.165, 1.54) is 44.6 Å². The standard InChI is InChI=1S/C17H20FNO4.C8H6BrFO2/c1-17(2,3)23-16(21)19-8-7-12(10-19)11-5-6-14(18)13(9-11)15(20)22-4;1-12-8(11)6-4-5(9)2-3-7(6)10/h5-7,9H,8,10H2,1-4H3;2-4H,1H3. The van der Waals surface area contributed by atoms with Crippen molar-refractivity contribution in [3.63, 3.8) is 0 Å². The maximum Gasteiger partial charge on any atom is 0.410 e. The molecule has 0 atom stereocenters. The molecule has 1 heterocycles. The van der Waals surface area contributed by atoms with Crippen molar-refractivity contribution in [2.45, 2.75) is 26.4 Å². The first-order chi connectivity index (χ1) is 16.4. The predicted molar refractivity (Wildman–Crippen MR) is 129 cm³/mol. The van der Waals surface area contributed by atoms with Crippen molar-refractivity contribution in [3.8, 4) is 0 Å². The van der Waals surface area contributed by atoms with E-state index in [2.05, 4.69) is 25.4 Å². The average Bonchev–Trinajstić information content (AvgIpc) is 3.30. The number of rotatable bonds is 3. The second-order valence-corrected chi connectivity index (χ2v) is 9.31. The van der Waals surface area contributed by atoms with Crippen LogP contribution in [0.3, 0.4) is 0 Å². The molecule has 0 saturated heterocycles. The highest BCUT2D eigenvalue weighted by Gasteiger charge is 2.26. The number of hydrogen-bond donors (Lipinski definition) is 0. The Hall–Kier alpha value is -3.27. The topological polar surface area (TPSA) is 82.1 Å². The molecule has 1 amide bonds. The third-order valence-corrected chi connectivity index (χ3v) is 5.14. The molecule has 0 N–H and O–H groups in total. The predicted octanol–water partition coefficient (Wildman–Crippen LogP) is 5.62. The van der Waals surface area contributed by atoms with Crippen molar-refractivity contribution in [2.75, 3.05) is 27.3 Å². The molecule has 1 aliphatic rings. The van der Waals surface area contributed by atoms with Crippen LogP contribution in [0, 0.1) is 11.6 Å². The van der Waals surface area contributed by atoms with Crippen LogP contribution in [0.1, 0.15) is 47.1 Å². The van der Waals surface area contributed by atoms with Crippen LogP contribution >= 0.6 is 15.9 Å². The number of benzene rings is 2. The summed E-state index contributed by atoms with van der Waals surface area (Å²) in [5.41, 5.74) is 0.765. The van der Waals surface area contributed by atoms with E-state index < -0.39 is 35.3 Å². The smallest absolute Gasteiger partial charge is 0.410 e. The van der Waals surface area contributed by atoms with Gasteiger partial charge in [-0.15, -0.1) is 0 Å². The van der Waals surface area contributed by atoms with E-state index in [1.54, 1.807) is 31.7 Å². The number of halogens is 3. The minimum Gasteiger partial charge on any atom is -0.465 e. The van der Waals surface area contributed by atoms with Crippen LogP contribution in [0.15, 0.2) is 46.9 Å². The number of hydrogen-bond acceptors (Lipinski definition) is 6. The van der Waals surface area contributed by atoms with E-state index in [0.29, 0.717) is 23.1 Å². The van der Waals surface area contributed by atoms with E-state index >= 15 is 0 Å². The summed E-state index contributed by atoms with van der Waals surface area (Å²) in [7, 11) is 2.41. The minimum absolute atomic E-state index is 0.0631. The fraction of sp³-hybridized carbons (Fsp3) is 0.320. The molecule has 0 aromatic heterocycles. The van der Waals surface area contributed by atoms with Crippen LogP contribution in [-0.2, 0) is 14.2 Å². The molecule has 35 heavy (non-hydrogen) atoms. The summed E-state index contributed by atoms with van der Waals surface area (Å²) >= 11 is 3.12. The fourth-order valence-electron chi connectivity index (χ4n) is 2.99. The van der Waals surface area contributed by atoms with E-state index in [-0.39, 0.29) is 11.1 Å². The number of carbonyl (C=O) groups is 3. The van der Waals surface area contributed by atoms with Crippen molar-refractivity contribution in [1.29, 1.82) is 0 Å². The molecule has 2 aromatic rings. The molecule has 188 valence electrons. The number of ether oxygens (including phenoxy) is 3. The van der Waals surface area contributed by atoms with Crippen LogP contribution in [0.2, 0.25) is 0 Å².